The molecular weight excluding hydrogens is 282 g/mol. The molecule has 0 radical (unpaired) electrons. The van der Waals surface area contributed by atoms with Gasteiger partial charge in [0.15, 0.2) is 11.8 Å². The Balaban J connectivity index is 1.60. The lowest BCUT2D eigenvalue weighted by molar-refractivity contribution is 0.125. The van der Waals surface area contributed by atoms with Crippen molar-refractivity contribution < 1.29 is 9.26 Å². The lowest BCUT2D eigenvalue weighted by Crippen LogP contribution is -2.38. The van der Waals surface area contributed by atoms with Crippen LogP contribution in [0.1, 0.15) is 17.3 Å². The second-order valence-electron chi connectivity index (χ2n) is 4.62. The first-order chi connectivity index (χ1) is 10.8. The molecular formula is C15H21N5O2. The number of hydrogen-bond donors (Lipinski definition) is 2. The van der Waals surface area contributed by atoms with E-state index in [1.807, 2.05) is 30.3 Å². The molecule has 7 nitrogen and oxygen atoms in total. The monoisotopic (exact) mass is 303 g/mol. The molecule has 1 heterocycles. The first-order valence-electron chi connectivity index (χ1n) is 7.13. The van der Waals surface area contributed by atoms with Crippen molar-refractivity contribution in [2.24, 2.45) is 4.99 Å². The van der Waals surface area contributed by atoms with E-state index in [2.05, 4.69) is 25.8 Å². The molecule has 2 rings (SSSR count). The molecule has 2 aromatic rings. The smallest absolute Gasteiger partial charge is 0.223 e. The lowest BCUT2D eigenvalue weighted by atomic mass is 10.2. The number of aryl methyl sites for hydroxylation is 1. The molecule has 1 aromatic carbocycles. The van der Waals surface area contributed by atoms with E-state index in [1.165, 1.54) is 0 Å². The molecule has 2 N–H and O–H groups in total. The van der Waals surface area contributed by atoms with Crippen LogP contribution in [0.5, 0.6) is 0 Å². The summed E-state index contributed by atoms with van der Waals surface area (Å²) >= 11 is 0. The van der Waals surface area contributed by atoms with Crippen LogP contribution in [0.3, 0.4) is 0 Å². The molecule has 118 valence electrons. The Hall–Kier alpha value is -2.41. The van der Waals surface area contributed by atoms with Crippen LogP contribution in [0.15, 0.2) is 39.8 Å². The summed E-state index contributed by atoms with van der Waals surface area (Å²) in [6.07, 6.45) is 0. The summed E-state index contributed by atoms with van der Waals surface area (Å²) in [6.45, 7) is 4.08. The second kappa shape index (κ2) is 8.78. The lowest BCUT2D eigenvalue weighted by Gasteiger charge is -2.10. The quantitative estimate of drug-likeness (QED) is 0.455. The van der Waals surface area contributed by atoms with Gasteiger partial charge in [0.25, 0.3) is 0 Å². The van der Waals surface area contributed by atoms with Crippen molar-refractivity contribution >= 4 is 5.96 Å². The summed E-state index contributed by atoms with van der Waals surface area (Å²) in [4.78, 5) is 8.23. The highest BCUT2D eigenvalue weighted by Gasteiger charge is 2.03. The van der Waals surface area contributed by atoms with Crippen LogP contribution in [0, 0.1) is 6.92 Å². The van der Waals surface area contributed by atoms with Gasteiger partial charge in [0, 0.05) is 20.5 Å². The van der Waals surface area contributed by atoms with Crippen LogP contribution >= 0.6 is 0 Å². The number of hydrogen-bond acceptors (Lipinski definition) is 5. The van der Waals surface area contributed by atoms with E-state index in [0.29, 0.717) is 44.0 Å². The largest absolute Gasteiger partial charge is 0.375 e. The summed E-state index contributed by atoms with van der Waals surface area (Å²) in [7, 11) is 1.71. The van der Waals surface area contributed by atoms with Gasteiger partial charge in [0.05, 0.1) is 19.8 Å². The van der Waals surface area contributed by atoms with Gasteiger partial charge in [0.2, 0.25) is 5.89 Å². The van der Waals surface area contributed by atoms with E-state index >= 15 is 0 Å². The minimum absolute atomic E-state index is 0.460. The number of nitrogens with zero attached hydrogens (tertiary/aromatic N) is 3. The average Bonchev–Trinajstić information content (AvgIpc) is 2.96. The Labute approximate surface area is 129 Å². The van der Waals surface area contributed by atoms with E-state index in [-0.39, 0.29) is 0 Å². The summed E-state index contributed by atoms with van der Waals surface area (Å²) < 4.78 is 10.5. The van der Waals surface area contributed by atoms with Crippen molar-refractivity contribution in [1.29, 1.82) is 0 Å². The third kappa shape index (κ3) is 5.53. The van der Waals surface area contributed by atoms with E-state index < -0.39 is 0 Å². The maximum Gasteiger partial charge on any atom is 0.223 e. The van der Waals surface area contributed by atoms with Gasteiger partial charge in [-0.2, -0.15) is 4.98 Å². The van der Waals surface area contributed by atoms with E-state index in [1.54, 1.807) is 14.0 Å². The Bertz CT molecular complexity index is 583. The SMILES string of the molecule is CN=C(NCCOCc1ccccc1)NCc1noc(C)n1. The van der Waals surface area contributed by atoms with Crippen LogP contribution in [-0.4, -0.2) is 36.3 Å². The topological polar surface area (TPSA) is 84.6 Å². The highest BCUT2D eigenvalue weighted by atomic mass is 16.5. The first kappa shape index (κ1) is 16.0. The third-order valence-electron chi connectivity index (χ3n) is 2.86. The van der Waals surface area contributed by atoms with Crippen molar-refractivity contribution in [2.45, 2.75) is 20.1 Å². The third-order valence-corrected chi connectivity index (χ3v) is 2.86. The summed E-state index contributed by atoms with van der Waals surface area (Å²) in [5.41, 5.74) is 1.16. The Morgan fingerprint density at radius 2 is 2.09 bits per heavy atom. The van der Waals surface area contributed by atoms with Crippen LogP contribution in [0.25, 0.3) is 0 Å². The molecule has 0 saturated carbocycles. The molecule has 0 bridgehead atoms. The number of guanidine groups is 1. The molecule has 22 heavy (non-hydrogen) atoms. The molecule has 0 spiro atoms. The number of ether oxygens (including phenoxy) is 1. The van der Waals surface area contributed by atoms with Crippen molar-refractivity contribution in [1.82, 2.24) is 20.8 Å². The van der Waals surface area contributed by atoms with Crippen molar-refractivity contribution in [3.05, 3.63) is 47.6 Å². The van der Waals surface area contributed by atoms with E-state index in [0.717, 1.165) is 5.56 Å². The molecule has 0 fully saturated rings. The van der Waals surface area contributed by atoms with Crippen LogP contribution in [-0.2, 0) is 17.9 Å². The van der Waals surface area contributed by atoms with Crippen LogP contribution in [0.4, 0.5) is 0 Å². The number of benzene rings is 1. The van der Waals surface area contributed by atoms with E-state index in [9.17, 15) is 0 Å². The molecule has 0 saturated heterocycles. The Kier molecular flexibility index (Phi) is 6.38. The fraction of sp³-hybridized carbons (Fsp3) is 0.400. The molecule has 0 atom stereocenters. The maximum absolute atomic E-state index is 5.60. The number of rotatable bonds is 7. The van der Waals surface area contributed by atoms with Gasteiger partial charge in [0.1, 0.15) is 0 Å². The first-order valence-corrected chi connectivity index (χ1v) is 7.13. The van der Waals surface area contributed by atoms with Crippen LogP contribution in [0.2, 0.25) is 0 Å². The number of nitrogens with one attached hydrogen (secondary N) is 2. The van der Waals surface area contributed by atoms with Gasteiger partial charge in [-0.05, 0) is 5.56 Å². The molecule has 0 aliphatic heterocycles. The van der Waals surface area contributed by atoms with Gasteiger partial charge < -0.3 is 19.9 Å². The standard InChI is InChI=1S/C15H21N5O2/c1-12-19-14(20-22-12)10-18-15(16-2)17-8-9-21-11-13-6-4-3-5-7-13/h3-7H,8-11H2,1-2H3,(H2,16,17,18). The van der Waals surface area contributed by atoms with Crippen molar-refractivity contribution in [2.75, 3.05) is 20.2 Å². The second-order valence-corrected chi connectivity index (χ2v) is 4.62. The number of aromatic nitrogens is 2. The Morgan fingerprint density at radius 3 is 2.77 bits per heavy atom. The zero-order valence-corrected chi connectivity index (χ0v) is 12.9. The van der Waals surface area contributed by atoms with Gasteiger partial charge in [-0.1, -0.05) is 35.5 Å². The van der Waals surface area contributed by atoms with E-state index in [4.69, 9.17) is 9.26 Å². The van der Waals surface area contributed by atoms with Crippen molar-refractivity contribution in [3.63, 3.8) is 0 Å². The maximum atomic E-state index is 5.60. The zero-order chi connectivity index (χ0) is 15.6. The summed E-state index contributed by atoms with van der Waals surface area (Å²) in [5, 5.41) is 10.1. The van der Waals surface area contributed by atoms with Crippen LogP contribution < -0.4 is 10.6 Å². The molecule has 0 aliphatic rings. The predicted molar refractivity (Wildman–Crippen MR) is 83.3 cm³/mol. The van der Waals surface area contributed by atoms with Gasteiger partial charge in [-0.25, -0.2) is 0 Å². The zero-order valence-electron chi connectivity index (χ0n) is 12.9. The molecule has 7 heteroatoms. The summed E-state index contributed by atoms with van der Waals surface area (Å²) in [5.74, 6) is 1.82. The molecule has 1 aromatic heterocycles. The van der Waals surface area contributed by atoms with Gasteiger partial charge in [-0.15, -0.1) is 0 Å². The highest BCUT2D eigenvalue weighted by molar-refractivity contribution is 5.79. The Morgan fingerprint density at radius 1 is 1.27 bits per heavy atom. The fourth-order valence-corrected chi connectivity index (χ4v) is 1.80. The highest BCUT2D eigenvalue weighted by Crippen LogP contribution is 1.99. The minimum Gasteiger partial charge on any atom is -0.375 e. The molecule has 0 aliphatic carbocycles. The molecule has 0 amide bonds. The van der Waals surface area contributed by atoms with Crippen molar-refractivity contribution in [3.8, 4) is 0 Å². The average molecular weight is 303 g/mol. The minimum atomic E-state index is 0.460. The van der Waals surface area contributed by atoms with Gasteiger partial charge in [-0.3, -0.25) is 4.99 Å². The normalized spacial score (nSPS) is 11.5. The fourth-order valence-electron chi connectivity index (χ4n) is 1.80. The van der Waals surface area contributed by atoms with Gasteiger partial charge >= 0.3 is 0 Å². The predicted octanol–water partition coefficient (Wildman–Crippen LogP) is 1.26. The summed E-state index contributed by atoms with van der Waals surface area (Å²) in [6, 6.07) is 10.1. The molecule has 0 unspecified atom stereocenters. The number of aliphatic imine (C=N–C) groups is 1.